The largest absolute Gasteiger partial charge is 0.396 e. The Morgan fingerprint density at radius 1 is 1.75 bits per heavy atom. The number of aliphatic hydroxyl groups excluding tert-OH is 1. The molecule has 2 fully saturated rings. The number of rotatable bonds is 1. The molecule has 12 heavy (non-hydrogen) atoms. The summed E-state index contributed by atoms with van der Waals surface area (Å²) in [5.41, 5.74) is 5.79. The van der Waals surface area contributed by atoms with E-state index in [0.29, 0.717) is 0 Å². The van der Waals surface area contributed by atoms with Crippen LogP contribution >= 0.6 is 0 Å². The van der Waals surface area contributed by atoms with Crippen molar-refractivity contribution < 1.29 is 9.84 Å². The van der Waals surface area contributed by atoms with E-state index in [9.17, 15) is 0 Å². The molecule has 4 N–H and O–H groups in total. The van der Waals surface area contributed by atoms with E-state index in [2.05, 4.69) is 10.2 Å². The topological polar surface area (TPSA) is 74.0 Å². The number of hydrogen-bond donors (Lipinski definition) is 3. The van der Waals surface area contributed by atoms with Crippen LogP contribution in [0.4, 0.5) is 0 Å². The van der Waals surface area contributed by atoms with Gasteiger partial charge in [0.25, 0.3) is 0 Å². The maximum Gasteiger partial charge on any atom is 0.152 e. The zero-order valence-electron chi connectivity index (χ0n) is 7.10. The molecule has 4 atom stereocenters. The fourth-order valence-electron chi connectivity index (χ4n) is 1.65. The molecule has 2 rings (SSSR count). The highest BCUT2D eigenvalue weighted by Crippen LogP contribution is 2.26. The van der Waals surface area contributed by atoms with Gasteiger partial charge in [0, 0.05) is 19.1 Å². The van der Waals surface area contributed by atoms with Crippen LogP contribution in [0.5, 0.6) is 0 Å². The van der Waals surface area contributed by atoms with Crippen molar-refractivity contribution in [3.8, 4) is 0 Å². The Morgan fingerprint density at radius 3 is 3.17 bits per heavy atom. The van der Waals surface area contributed by atoms with E-state index in [0.717, 1.165) is 6.54 Å². The molecule has 70 valence electrons. The zero-order valence-corrected chi connectivity index (χ0v) is 7.10. The summed E-state index contributed by atoms with van der Waals surface area (Å²) in [5.74, 6) is 0.103. The van der Waals surface area contributed by atoms with Gasteiger partial charge in [-0.25, -0.2) is 0 Å². The van der Waals surface area contributed by atoms with Crippen molar-refractivity contribution in [1.29, 1.82) is 0 Å². The van der Waals surface area contributed by atoms with E-state index < -0.39 is 0 Å². The summed E-state index contributed by atoms with van der Waals surface area (Å²) in [6, 6.07) is 0. The first-order chi connectivity index (χ1) is 5.72. The lowest BCUT2D eigenvalue weighted by atomic mass is 10.1. The van der Waals surface area contributed by atoms with Gasteiger partial charge in [0.1, 0.15) is 0 Å². The number of nitrogens with zero attached hydrogens (tertiary/aromatic N) is 1. The van der Waals surface area contributed by atoms with Crippen molar-refractivity contribution in [2.75, 3.05) is 20.2 Å². The third-order valence-corrected chi connectivity index (χ3v) is 2.52. The van der Waals surface area contributed by atoms with E-state index in [1.165, 1.54) is 0 Å². The number of nitrogens with one attached hydrogen (secondary N) is 1. The molecule has 2 saturated heterocycles. The number of epoxide rings is 1. The SMILES string of the molecule is CN1CC(CO)C(N)NC2OC21. The molecule has 5 heteroatoms. The lowest BCUT2D eigenvalue weighted by Gasteiger charge is -2.23. The Bertz CT molecular complexity index is 178. The second-order valence-electron chi connectivity index (χ2n) is 3.52. The molecular formula is C7H15N3O2. The van der Waals surface area contributed by atoms with Gasteiger partial charge < -0.3 is 15.6 Å². The van der Waals surface area contributed by atoms with Gasteiger partial charge in [-0.05, 0) is 7.05 Å². The summed E-state index contributed by atoms with van der Waals surface area (Å²) in [6.45, 7) is 0.907. The first-order valence-corrected chi connectivity index (χ1v) is 4.20. The Morgan fingerprint density at radius 2 is 2.50 bits per heavy atom. The minimum atomic E-state index is -0.157. The minimum absolute atomic E-state index is 0.0709. The fourth-order valence-corrected chi connectivity index (χ4v) is 1.65. The smallest absolute Gasteiger partial charge is 0.152 e. The van der Waals surface area contributed by atoms with E-state index >= 15 is 0 Å². The number of aliphatic hydroxyl groups is 1. The van der Waals surface area contributed by atoms with Gasteiger partial charge in [-0.15, -0.1) is 0 Å². The number of likely N-dealkylation sites (N-methyl/N-ethyl adjacent to an activating group) is 1. The Kier molecular flexibility index (Phi) is 2.05. The van der Waals surface area contributed by atoms with Crippen molar-refractivity contribution in [2.45, 2.75) is 18.6 Å². The quantitative estimate of drug-likeness (QED) is 0.404. The van der Waals surface area contributed by atoms with E-state index in [4.69, 9.17) is 15.6 Å². The molecule has 2 aliphatic heterocycles. The summed E-state index contributed by atoms with van der Waals surface area (Å²) in [6.07, 6.45) is 0.0732. The number of nitrogens with two attached hydrogens (primary N) is 1. The average molecular weight is 173 g/mol. The van der Waals surface area contributed by atoms with Crippen LogP contribution in [0.3, 0.4) is 0 Å². The summed E-state index contributed by atoms with van der Waals surface area (Å²) in [4.78, 5) is 2.07. The molecule has 0 aromatic carbocycles. The molecule has 0 bridgehead atoms. The summed E-state index contributed by atoms with van der Waals surface area (Å²) in [5, 5.41) is 12.1. The van der Waals surface area contributed by atoms with Gasteiger partial charge in [-0.2, -0.15) is 0 Å². The molecule has 0 spiro atoms. The van der Waals surface area contributed by atoms with Gasteiger partial charge in [0.2, 0.25) is 0 Å². The van der Waals surface area contributed by atoms with Crippen LogP contribution in [0.15, 0.2) is 0 Å². The highest BCUT2D eigenvalue weighted by Gasteiger charge is 2.46. The van der Waals surface area contributed by atoms with Gasteiger partial charge in [0.15, 0.2) is 12.5 Å². The normalized spacial score (nSPS) is 48.2. The predicted molar refractivity (Wildman–Crippen MR) is 43.0 cm³/mol. The zero-order chi connectivity index (χ0) is 8.72. The summed E-state index contributed by atoms with van der Waals surface area (Å²) >= 11 is 0. The highest BCUT2D eigenvalue weighted by molar-refractivity contribution is 4.90. The second kappa shape index (κ2) is 2.93. The maximum absolute atomic E-state index is 9.02. The first kappa shape index (κ1) is 8.40. The van der Waals surface area contributed by atoms with Crippen LogP contribution in [-0.4, -0.2) is 48.8 Å². The van der Waals surface area contributed by atoms with Crippen LogP contribution in [0.25, 0.3) is 0 Å². The Balaban J connectivity index is 2.01. The molecule has 0 aliphatic carbocycles. The van der Waals surface area contributed by atoms with E-state index in [1.807, 2.05) is 7.05 Å². The Hall–Kier alpha value is -0.200. The molecule has 0 aromatic rings. The third kappa shape index (κ3) is 1.34. The molecule has 2 aliphatic rings. The predicted octanol–water partition coefficient (Wildman–Crippen LogP) is -1.90. The van der Waals surface area contributed by atoms with Crippen LogP contribution in [0.2, 0.25) is 0 Å². The van der Waals surface area contributed by atoms with Crippen molar-refractivity contribution in [2.24, 2.45) is 11.7 Å². The number of ether oxygens (including phenoxy) is 1. The lowest BCUT2D eigenvalue weighted by Crippen LogP contribution is -2.47. The van der Waals surface area contributed by atoms with Gasteiger partial charge in [0.05, 0.1) is 6.17 Å². The van der Waals surface area contributed by atoms with Crippen molar-refractivity contribution in [3.63, 3.8) is 0 Å². The minimum Gasteiger partial charge on any atom is -0.396 e. The number of hydrogen-bond acceptors (Lipinski definition) is 5. The molecule has 0 amide bonds. The average Bonchev–Trinajstić information content (AvgIpc) is 2.77. The van der Waals surface area contributed by atoms with Crippen LogP contribution in [0, 0.1) is 5.92 Å². The monoisotopic (exact) mass is 173 g/mol. The molecule has 4 unspecified atom stereocenters. The molecule has 0 aromatic heterocycles. The molecule has 5 nitrogen and oxygen atoms in total. The first-order valence-electron chi connectivity index (χ1n) is 4.20. The van der Waals surface area contributed by atoms with Gasteiger partial charge in [-0.1, -0.05) is 0 Å². The van der Waals surface area contributed by atoms with Gasteiger partial charge in [-0.3, -0.25) is 10.2 Å². The van der Waals surface area contributed by atoms with E-state index in [-0.39, 0.29) is 31.1 Å². The van der Waals surface area contributed by atoms with Gasteiger partial charge >= 0.3 is 0 Å². The summed E-state index contributed by atoms with van der Waals surface area (Å²) in [7, 11) is 1.98. The van der Waals surface area contributed by atoms with Crippen molar-refractivity contribution >= 4 is 0 Å². The molecule has 2 heterocycles. The number of fused-ring (bicyclic) bond motifs is 1. The van der Waals surface area contributed by atoms with Crippen molar-refractivity contribution in [1.82, 2.24) is 10.2 Å². The van der Waals surface area contributed by atoms with Crippen LogP contribution in [-0.2, 0) is 4.74 Å². The highest BCUT2D eigenvalue weighted by atomic mass is 16.6. The fraction of sp³-hybridized carbons (Fsp3) is 1.00. The van der Waals surface area contributed by atoms with Crippen LogP contribution in [0.1, 0.15) is 0 Å². The maximum atomic E-state index is 9.02. The lowest BCUT2D eigenvalue weighted by molar-refractivity contribution is 0.115. The van der Waals surface area contributed by atoms with Crippen LogP contribution < -0.4 is 11.1 Å². The standard InChI is InChI=1S/C7H15N3O2/c1-10-2-4(3-11)5(8)9-6-7(10)12-6/h4-7,9,11H,2-3,8H2,1H3. The third-order valence-electron chi connectivity index (χ3n) is 2.52. The molecular weight excluding hydrogens is 158 g/mol. The van der Waals surface area contributed by atoms with E-state index in [1.54, 1.807) is 0 Å². The second-order valence-corrected chi connectivity index (χ2v) is 3.52. The molecule has 0 radical (unpaired) electrons. The molecule has 0 saturated carbocycles. The van der Waals surface area contributed by atoms with Crippen molar-refractivity contribution in [3.05, 3.63) is 0 Å². The Labute approximate surface area is 71.5 Å². The summed E-state index contributed by atoms with van der Waals surface area (Å²) < 4.78 is 5.29.